The second-order valence-electron chi connectivity index (χ2n) is 2.76. The molecule has 56 valence electrons. The van der Waals surface area contributed by atoms with Gasteiger partial charge in [-0.3, -0.25) is 9.79 Å². The third kappa shape index (κ3) is 1.40. The number of rotatable bonds is 1. The first kappa shape index (κ1) is 7.79. The third-order valence-corrected chi connectivity index (χ3v) is 2.29. The second-order valence-corrected chi connectivity index (χ2v) is 3.96. The van der Waals surface area contributed by atoms with Crippen LogP contribution < -0.4 is 0 Å². The number of thioether (sulfide) groups is 1. The largest absolute Gasteiger partial charge is 0.284 e. The zero-order valence-electron chi connectivity index (χ0n) is 6.42. The standard InChI is InChI=1S/C7H11NOS/c1-4(2)6-7(9)10-5(3)8-6/h4,6H,1-3H3/t6-/m0/s1. The maximum atomic E-state index is 11.1. The number of hydrogen-bond donors (Lipinski definition) is 0. The van der Waals surface area contributed by atoms with Gasteiger partial charge in [0.1, 0.15) is 6.04 Å². The molecule has 0 spiro atoms. The fourth-order valence-corrected chi connectivity index (χ4v) is 1.81. The summed E-state index contributed by atoms with van der Waals surface area (Å²) in [4.78, 5) is 15.3. The predicted octanol–water partition coefficient (Wildman–Crippen LogP) is 1.70. The molecule has 0 bridgehead atoms. The van der Waals surface area contributed by atoms with E-state index in [9.17, 15) is 4.79 Å². The van der Waals surface area contributed by atoms with E-state index >= 15 is 0 Å². The third-order valence-electron chi connectivity index (χ3n) is 1.44. The van der Waals surface area contributed by atoms with Crippen LogP contribution in [0.1, 0.15) is 20.8 Å². The van der Waals surface area contributed by atoms with Crippen LogP contribution in [0, 0.1) is 5.92 Å². The Kier molecular flexibility index (Phi) is 2.14. The molecule has 0 unspecified atom stereocenters. The highest BCUT2D eigenvalue weighted by molar-refractivity contribution is 8.26. The summed E-state index contributed by atoms with van der Waals surface area (Å²) in [5.74, 6) is 0.345. The van der Waals surface area contributed by atoms with Crippen LogP contribution in [0.25, 0.3) is 0 Å². The summed E-state index contributed by atoms with van der Waals surface area (Å²) in [6.07, 6.45) is 0. The smallest absolute Gasteiger partial charge is 0.219 e. The minimum Gasteiger partial charge on any atom is -0.284 e. The van der Waals surface area contributed by atoms with Crippen molar-refractivity contribution >= 4 is 21.9 Å². The van der Waals surface area contributed by atoms with Gasteiger partial charge in [-0.15, -0.1) is 0 Å². The molecule has 0 aliphatic carbocycles. The van der Waals surface area contributed by atoms with E-state index in [4.69, 9.17) is 0 Å². The molecule has 0 aromatic rings. The Morgan fingerprint density at radius 3 is 2.40 bits per heavy atom. The average Bonchev–Trinajstić information content (AvgIpc) is 2.10. The first-order valence-corrected chi connectivity index (χ1v) is 4.19. The zero-order chi connectivity index (χ0) is 7.72. The molecule has 10 heavy (non-hydrogen) atoms. The van der Waals surface area contributed by atoms with Crippen molar-refractivity contribution in [2.45, 2.75) is 26.8 Å². The van der Waals surface area contributed by atoms with Crippen LogP contribution in [0.15, 0.2) is 4.99 Å². The molecule has 1 aliphatic rings. The van der Waals surface area contributed by atoms with E-state index in [2.05, 4.69) is 4.99 Å². The van der Waals surface area contributed by atoms with Crippen molar-refractivity contribution < 1.29 is 4.79 Å². The van der Waals surface area contributed by atoms with Crippen molar-refractivity contribution in [3.05, 3.63) is 0 Å². The van der Waals surface area contributed by atoms with Crippen LogP contribution in [0.3, 0.4) is 0 Å². The molecule has 0 fully saturated rings. The van der Waals surface area contributed by atoms with E-state index in [1.165, 1.54) is 11.8 Å². The van der Waals surface area contributed by atoms with Crippen LogP contribution in [0.2, 0.25) is 0 Å². The van der Waals surface area contributed by atoms with Crippen LogP contribution >= 0.6 is 11.8 Å². The van der Waals surface area contributed by atoms with Crippen LogP contribution in [0.5, 0.6) is 0 Å². The van der Waals surface area contributed by atoms with Crippen molar-refractivity contribution in [1.82, 2.24) is 0 Å². The Hall–Kier alpha value is -0.310. The predicted molar refractivity (Wildman–Crippen MR) is 44.3 cm³/mol. The molecule has 0 saturated heterocycles. The monoisotopic (exact) mass is 157 g/mol. The van der Waals surface area contributed by atoms with Gasteiger partial charge in [-0.25, -0.2) is 0 Å². The maximum Gasteiger partial charge on any atom is 0.219 e. The highest BCUT2D eigenvalue weighted by Crippen LogP contribution is 2.24. The topological polar surface area (TPSA) is 29.4 Å². The van der Waals surface area contributed by atoms with Gasteiger partial charge < -0.3 is 0 Å². The minimum absolute atomic E-state index is 0.0787. The van der Waals surface area contributed by atoms with Gasteiger partial charge in [-0.05, 0) is 24.6 Å². The van der Waals surface area contributed by atoms with Gasteiger partial charge in [0.2, 0.25) is 5.12 Å². The molecule has 1 atom stereocenters. The molecule has 0 N–H and O–H groups in total. The number of carbonyl (C=O) groups excluding carboxylic acids is 1. The molecule has 0 aromatic heterocycles. The van der Waals surface area contributed by atoms with E-state index in [1.54, 1.807) is 0 Å². The van der Waals surface area contributed by atoms with Crippen molar-refractivity contribution in [3.8, 4) is 0 Å². The summed E-state index contributed by atoms with van der Waals surface area (Å²) < 4.78 is 0. The van der Waals surface area contributed by atoms with E-state index in [0.29, 0.717) is 5.92 Å². The molecule has 0 aromatic carbocycles. The van der Waals surface area contributed by atoms with Crippen molar-refractivity contribution in [2.75, 3.05) is 0 Å². The Morgan fingerprint density at radius 2 is 2.20 bits per heavy atom. The summed E-state index contributed by atoms with van der Waals surface area (Å²) in [5, 5.41) is 1.11. The van der Waals surface area contributed by atoms with E-state index in [-0.39, 0.29) is 11.2 Å². The highest BCUT2D eigenvalue weighted by atomic mass is 32.2. The fourth-order valence-electron chi connectivity index (χ4n) is 0.902. The second kappa shape index (κ2) is 2.74. The molecular weight excluding hydrogens is 146 g/mol. The highest BCUT2D eigenvalue weighted by Gasteiger charge is 2.27. The van der Waals surface area contributed by atoms with Crippen molar-refractivity contribution in [1.29, 1.82) is 0 Å². The molecule has 0 amide bonds. The summed E-state index contributed by atoms with van der Waals surface area (Å²) in [5.41, 5.74) is 0. The number of nitrogens with zero attached hydrogens (tertiary/aromatic N) is 1. The van der Waals surface area contributed by atoms with Gasteiger partial charge in [0.25, 0.3) is 0 Å². The molecule has 0 saturated carbocycles. The minimum atomic E-state index is -0.0787. The molecule has 1 heterocycles. The van der Waals surface area contributed by atoms with E-state index in [0.717, 1.165) is 5.04 Å². The van der Waals surface area contributed by atoms with E-state index in [1.807, 2.05) is 20.8 Å². The molecule has 0 radical (unpaired) electrons. The quantitative estimate of drug-likeness (QED) is 0.579. The number of carbonyl (C=O) groups is 1. The van der Waals surface area contributed by atoms with Crippen LogP contribution in [-0.4, -0.2) is 16.2 Å². The molecule has 1 rings (SSSR count). The first-order chi connectivity index (χ1) is 4.61. The maximum absolute atomic E-state index is 11.1. The van der Waals surface area contributed by atoms with Crippen LogP contribution in [0.4, 0.5) is 0 Å². The average molecular weight is 157 g/mol. The zero-order valence-corrected chi connectivity index (χ0v) is 7.23. The van der Waals surface area contributed by atoms with Gasteiger partial charge in [0.05, 0.1) is 5.04 Å². The summed E-state index contributed by atoms with van der Waals surface area (Å²) in [6.45, 7) is 5.92. The van der Waals surface area contributed by atoms with E-state index < -0.39 is 0 Å². The Labute approximate surface area is 65.1 Å². The lowest BCUT2D eigenvalue weighted by atomic mass is 10.1. The molecule has 2 nitrogen and oxygen atoms in total. The van der Waals surface area contributed by atoms with Gasteiger partial charge in [-0.1, -0.05) is 13.8 Å². The van der Waals surface area contributed by atoms with Gasteiger partial charge in [0.15, 0.2) is 0 Å². The lowest BCUT2D eigenvalue weighted by molar-refractivity contribution is -0.112. The lowest BCUT2D eigenvalue weighted by Gasteiger charge is -2.06. The summed E-state index contributed by atoms with van der Waals surface area (Å²) in [6, 6.07) is -0.0787. The van der Waals surface area contributed by atoms with Gasteiger partial charge in [0, 0.05) is 0 Å². The first-order valence-electron chi connectivity index (χ1n) is 3.37. The number of aliphatic imine (C=N–C) groups is 1. The van der Waals surface area contributed by atoms with Crippen LogP contribution in [-0.2, 0) is 4.79 Å². The Morgan fingerprint density at radius 1 is 1.60 bits per heavy atom. The Balaban J connectivity index is 2.69. The van der Waals surface area contributed by atoms with Gasteiger partial charge >= 0.3 is 0 Å². The van der Waals surface area contributed by atoms with Crippen molar-refractivity contribution in [3.63, 3.8) is 0 Å². The molecule has 3 heteroatoms. The molecule has 1 aliphatic heterocycles. The number of hydrogen-bond acceptors (Lipinski definition) is 3. The normalized spacial score (nSPS) is 25.8. The fraction of sp³-hybridized carbons (Fsp3) is 0.714. The lowest BCUT2D eigenvalue weighted by Crippen LogP contribution is -2.17. The summed E-state index contributed by atoms with van der Waals surface area (Å²) >= 11 is 1.27. The molecular formula is C7H11NOS. The van der Waals surface area contributed by atoms with Crippen molar-refractivity contribution in [2.24, 2.45) is 10.9 Å². The SMILES string of the molecule is CC1=N[C@@H](C(C)C)C(=O)S1. The van der Waals surface area contributed by atoms with Gasteiger partial charge in [-0.2, -0.15) is 0 Å². The Bertz CT molecular complexity index is 186. The summed E-state index contributed by atoms with van der Waals surface area (Å²) in [7, 11) is 0.